The molecule has 0 spiro atoms. The van der Waals surface area contributed by atoms with E-state index in [1.165, 1.54) is 13.0 Å². The molecule has 7 heteroatoms. The number of carbonyl (C=O) groups excluding carboxylic acids is 1. The smallest absolute Gasteiger partial charge is 0.356 e. The Morgan fingerprint density at radius 3 is 1.46 bits per heavy atom. The van der Waals surface area contributed by atoms with E-state index in [-0.39, 0.29) is 22.6 Å². The van der Waals surface area contributed by atoms with Crippen LogP contribution in [-0.4, -0.2) is 36.4 Å². The highest BCUT2D eigenvalue weighted by atomic mass is 16.4. The number of rotatable bonds is 2. The lowest BCUT2D eigenvalue weighted by molar-refractivity contribution is 0.0688. The van der Waals surface area contributed by atoms with Crippen LogP contribution < -0.4 is 0 Å². The largest absolute Gasteiger partial charge is 0.476 e. The number of carboxylic acids is 1. The number of aromatic carboxylic acids is 1. The summed E-state index contributed by atoms with van der Waals surface area (Å²) in [5.74, 6) is -0.976. The Kier molecular flexibility index (Phi) is 5.71. The van der Waals surface area contributed by atoms with Gasteiger partial charge in [-0.25, -0.2) is 4.79 Å². The minimum atomic E-state index is -0.988. The van der Waals surface area contributed by atoms with E-state index in [9.17, 15) is 9.59 Å². The molecule has 0 bridgehead atoms. The quantitative estimate of drug-likeness (QED) is 0.852. The van der Waals surface area contributed by atoms with Crippen molar-refractivity contribution in [1.29, 1.82) is 0 Å². The predicted molar refractivity (Wildman–Crippen MR) is 91.4 cm³/mol. The molecule has 0 unspecified atom stereocenters. The molecule has 1 N–H and O–H groups in total. The molecule has 0 amide bonds. The second-order valence-corrected chi connectivity index (χ2v) is 7.49. The van der Waals surface area contributed by atoms with Gasteiger partial charge in [0.15, 0.2) is 11.5 Å². The highest BCUT2D eigenvalue weighted by molar-refractivity contribution is 5.91. The number of carboxylic acid groups (broad SMARTS) is 1. The van der Waals surface area contributed by atoms with E-state index < -0.39 is 5.97 Å². The number of carbonyl (C=O) groups is 2. The molecule has 0 aliphatic heterocycles. The number of hydrogen-bond acceptors (Lipinski definition) is 4. The Labute approximate surface area is 142 Å². The lowest BCUT2D eigenvalue weighted by Crippen LogP contribution is -2.22. The Balaban J connectivity index is 0.000000240. The van der Waals surface area contributed by atoms with Gasteiger partial charge in [0.2, 0.25) is 0 Å². The van der Waals surface area contributed by atoms with Crippen LogP contribution in [0.1, 0.15) is 69.4 Å². The van der Waals surface area contributed by atoms with Gasteiger partial charge in [-0.05, 0) is 53.7 Å². The molecule has 2 heterocycles. The molecule has 132 valence electrons. The van der Waals surface area contributed by atoms with Crippen molar-refractivity contribution in [1.82, 2.24) is 19.6 Å². The summed E-state index contributed by atoms with van der Waals surface area (Å²) in [5.41, 5.74) is 0.413. The van der Waals surface area contributed by atoms with Crippen LogP contribution >= 0.6 is 0 Å². The fraction of sp³-hybridized carbons (Fsp3) is 0.529. The van der Waals surface area contributed by atoms with E-state index in [2.05, 4.69) is 10.2 Å². The Morgan fingerprint density at radius 2 is 1.25 bits per heavy atom. The third-order valence-electron chi connectivity index (χ3n) is 3.13. The zero-order chi connectivity index (χ0) is 18.7. The molecular weight excluding hydrogens is 308 g/mol. The van der Waals surface area contributed by atoms with E-state index >= 15 is 0 Å². The summed E-state index contributed by atoms with van der Waals surface area (Å²) in [7, 11) is 0. The molecule has 7 nitrogen and oxygen atoms in total. The number of Topliss-reactive ketones (excluding diaryl/α,β-unsaturated/α-hetero) is 1. The van der Waals surface area contributed by atoms with Crippen molar-refractivity contribution in [3.05, 3.63) is 35.9 Å². The Bertz CT molecular complexity index is 653. The maximum Gasteiger partial charge on any atom is 0.356 e. The summed E-state index contributed by atoms with van der Waals surface area (Å²) in [6.45, 7) is 13.6. The lowest BCUT2D eigenvalue weighted by atomic mass is 10.1. The van der Waals surface area contributed by atoms with Gasteiger partial charge in [0.1, 0.15) is 5.69 Å². The van der Waals surface area contributed by atoms with Gasteiger partial charge in [0.05, 0.1) is 11.1 Å². The van der Waals surface area contributed by atoms with Crippen molar-refractivity contribution in [2.45, 2.75) is 59.5 Å². The van der Waals surface area contributed by atoms with Crippen LogP contribution in [-0.2, 0) is 11.1 Å². The zero-order valence-corrected chi connectivity index (χ0v) is 15.4. The van der Waals surface area contributed by atoms with Crippen molar-refractivity contribution >= 4 is 11.8 Å². The number of aromatic nitrogens is 4. The molecule has 24 heavy (non-hydrogen) atoms. The summed E-state index contributed by atoms with van der Waals surface area (Å²) in [6, 6.07) is 3.24. The minimum Gasteiger partial charge on any atom is -0.476 e. The van der Waals surface area contributed by atoms with Crippen molar-refractivity contribution in [2.24, 2.45) is 0 Å². The van der Waals surface area contributed by atoms with E-state index in [1.807, 2.05) is 47.7 Å². The molecule has 0 atom stereocenters. The third-order valence-corrected chi connectivity index (χ3v) is 3.13. The first-order valence-corrected chi connectivity index (χ1v) is 7.69. The third kappa shape index (κ3) is 5.33. The standard InChI is InChI=1S/C9H14N2O.C8H12N2O2/c1-7(12)8-5-6-11(10-8)9(2,3)4;1-8(2,3)10-5-4-6(9-10)7(11)12/h5-6H,1-4H3;4-5H,1-3H3,(H,11,12). The van der Waals surface area contributed by atoms with Crippen LogP contribution in [0.15, 0.2) is 24.5 Å². The van der Waals surface area contributed by atoms with E-state index in [0.717, 1.165) is 0 Å². The maximum atomic E-state index is 10.9. The second-order valence-electron chi connectivity index (χ2n) is 7.49. The predicted octanol–water partition coefficient (Wildman–Crippen LogP) is 3.18. The molecule has 2 rings (SSSR count). The summed E-state index contributed by atoms with van der Waals surface area (Å²) in [5, 5.41) is 16.6. The fourth-order valence-corrected chi connectivity index (χ4v) is 1.70. The monoisotopic (exact) mass is 334 g/mol. The SMILES string of the molecule is CC(=O)c1ccn(C(C)(C)C)n1.CC(C)(C)n1ccc(C(=O)O)n1. The highest BCUT2D eigenvalue weighted by Gasteiger charge is 2.16. The first kappa shape index (κ1) is 19.6. The molecule has 0 fully saturated rings. The molecule has 0 radical (unpaired) electrons. The van der Waals surface area contributed by atoms with Crippen LogP contribution in [0.25, 0.3) is 0 Å². The number of nitrogens with zero attached hydrogens (tertiary/aromatic N) is 4. The molecule has 2 aromatic heterocycles. The van der Waals surface area contributed by atoms with Crippen LogP contribution in [0, 0.1) is 0 Å². The van der Waals surface area contributed by atoms with Gasteiger partial charge in [-0.15, -0.1) is 0 Å². The molecule has 0 aliphatic carbocycles. The summed E-state index contributed by atoms with van der Waals surface area (Å²) in [6.07, 6.45) is 3.50. The molecule has 0 saturated heterocycles. The average Bonchev–Trinajstić information content (AvgIpc) is 3.08. The van der Waals surface area contributed by atoms with Gasteiger partial charge in [-0.2, -0.15) is 10.2 Å². The molecule has 0 saturated carbocycles. The summed E-state index contributed by atoms with van der Waals surface area (Å²) >= 11 is 0. The Morgan fingerprint density at radius 1 is 0.875 bits per heavy atom. The summed E-state index contributed by atoms with van der Waals surface area (Å²) in [4.78, 5) is 21.4. The molecule has 0 aromatic carbocycles. The zero-order valence-electron chi connectivity index (χ0n) is 15.4. The van der Waals surface area contributed by atoms with Crippen molar-refractivity contribution in [3.8, 4) is 0 Å². The molecule has 2 aromatic rings. The Hall–Kier alpha value is -2.44. The normalized spacial score (nSPS) is 11.6. The second kappa shape index (κ2) is 6.98. The topological polar surface area (TPSA) is 90.0 Å². The van der Waals surface area contributed by atoms with Gasteiger partial charge < -0.3 is 5.11 Å². The van der Waals surface area contributed by atoms with Crippen LogP contribution in [0.3, 0.4) is 0 Å². The van der Waals surface area contributed by atoms with E-state index in [0.29, 0.717) is 5.69 Å². The van der Waals surface area contributed by atoms with Crippen LogP contribution in [0.4, 0.5) is 0 Å². The lowest BCUT2D eigenvalue weighted by Gasteiger charge is -2.18. The number of hydrogen-bond donors (Lipinski definition) is 1. The van der Waals surface area contributed by atoms with Gasteiger partial charge >= 0.3 is 5.97 Å². The summed E-state index contributed by atoms with van der Waals surface area (Å²) < 4.78 is 3.43. The molecular formula is C17H26N4O3. The van der Waals surface area contributed by atoms with Crippen LogP contribution in [0.5, 0.6) is 0 Å². The highest BCUT2D eigenvalue weighted by Crippen LogP contribution is 2.13. The van der Waals surface area contributed by atoms with Gasteiger partial charge in [0.25, 0.3) is 0 Å². The minimum absolute atomic E-state index is 0.0120. The number of ketones is 1. The van der Waals surface area contributed by atoms with Crippen molar-refractivity contribution in [2.75, 3.05) is 0 Å². The van der Waals surface area contributed by atoms with E-state index in [1.54, 1.807) is 21.6 Å². The molecule has 0 aliphatic rings. The fourth-order valence-electron chi connectivity index (χ4n) is 1.70. The van der Waals surface area contributed by atoms with Gasteiger partial charge in [-0.3, -0.25) is 14.2 Å². The van der Waals surface area contributed by atoms with E-state index in [4.69, 9.17) is 5.11 Å². The maximum absolute atomic E-state index is 10.9. The van der Waals surface area contributed by atoms with Crippen molar-refractivity contribution < 1.29 is 14.7 Å². The van der Waals surface area contributed by atoms with Gasteiger partial charge in [-0.1, -0.05) is 0 Å². The first-order chi connectivity index (χ1) is 10.8. The van der Waals surface area contributed by atoms with Crippen molar-refractivity contribution in [3.63, 3.8) is 0 Å². The van der Waals surface area contributed by atoms with Gasteiger partial charge in [0, 0.05) is 19.3 Å². The average molecular weight is 334 g/mol. The van der Waals surface area contributed by atoms with Crippen LogP contribution in [0.2, 0.25) is 0 Å². The first-order valence-electron chi connectivity index (χ1n) is 7.69.